The van der Waals surface area contributed by atoms with Gasteiger partial charge in [0.15, 0.2) is 0 Å². The van der Waals surface area contributed by atoms with Crippen molar-refractivity contribution in [1.82, 2.24) is 20.4 Å². The quantitative estimate of drug-likeness (QED) is 0.723. The summed E-state index contributed by atoms with van der Waals surface area (Å²) < 4.78 is 10.6. The molecule has 136 valence electrons. The Hall–Kier alpha value is -2.90. The fourth-order valence-electron chi connectivity index (χ4n) is 2.84. The van der Waals surface area contributed by atoms with E-state index in [9.17, 15) is 4.79 Å². The third-order valence-corrected chi connectivity index (χ3v) is 4.65. The highest BCUT2D eigenvalue weighted by Crippen LogP contribution is 2.40. The predicted molar refractivity (Wildman–Crippen MR) is 94.9 cm³/mol. The van der Waals surface area contributed by atoms with Gasteiger partial charge in [-0.15, -0.1) is 0 Å². The average molecular weight is 355 g/mol. The van der Waals surface area contributed by atoms with Crippen molar-refractivity contribution < 1.29 is 13.7 Å². The maximum absolute atomic E-state index is 12.8. The number of furan rings is 1. The third kappa shape index (κ3) is 3.02. The molecule has 0 aromatic carbocycles. The van der Waals surface area contributed by atoms with Crippen LogP contribution >= 0.6 is 0 Å². The predicted octanol–water partition coefficient (Wildman–Crippen LogP) is 3.28. The summed E-state index contributed by atoms with van der Waals surface area (Å²) in [5, 5.41) is 10.9. The molecule has 8 heteroatoms. The van der Waals surface area contributed by atoms with Gasteiger partial charge in [0.05, 0.1) is 17.0 Å². The van der Waals surface area contributed by atoms with Gasteiger partial charge >= 0.3 is 0 Å². The molecule has 26 heavy (non-hydrogen) atoms. The van der Waals surface area contributed by atoms with Gasteiger partial charge in [0, 0.05) is 11.6 Å². The lowest BCUT2D eigenvalue weighted by Crippen LogP contribution is -2.27. The summed E-state index contributed by atoms with van der Waals surface area (Å²) in [6.07, 6.45) is 3.56. The Morgan fingerprint density at radius 3 is 2.73 bits per heavy atom. The lowest BCUT2D eigenvalue weighted by Gasteiger charge is -2.14. The van der Waals surface area contributed by atoms with E-state index in [2.05, 4.69) is 32.7 Å². The van der Waals surface area contributed by atoms with Gasteiger partial charge in [-0.25, -0.2) is 4.98 Å². The number of carbonyl (C=O) groups excluding carboxylic acids is 1. The Balaban J connectivity index is 1.66. The zero-order valence-electron chi connectivity index (χ0n) is 15.2. The number of rotatable bonds is 5. The number of fused-ring (bicyclic) bond motifs is 1. The molecule has 1 fully saturated rings. The number of hydrogen-bond donors (Lipinski definition) is 2. The van der Waals surface area contributed by atoms with Crippen molar-refractivity contribution in [3.63, 3.8) is 0 Å². The number of anilines is 1. The van der Waals surface area contributed by atoms with Crippen LogP contribution in [0.15, 0.2) is 21.3 Å². The molecular formula is C18H21N5O3. The maximum Gasteiger partial charge on any atom is 0.255 e. The van der Waals surface area contributed by atoms with Crippen LogP contribution in [0.5, 0.6) is 0 Å². The van der Waals surface area contributed by atoms with Crippen LogP contribution < -0.4 is 10.6 Å². The minimum Gasteiger partial charge on any atom is -0.445 e. The van der Waals surface area contributed by atoms with Crippen molar-refractivity contribution >= 4 is 22.8 Å². The standard InChI is InChI=1S/C18H21N5O3/c1-9-7-13(23-26-9)10(2)19-16(24)12-8-25-17-14(12)15(20-11(3)21-17)22-18(4)5-6-18/h7-8,10H,5-6H2,1-4H3,(H,19,24)(H,20,21,22). The summed E-state index contributed by atoms with van der Waals surface area (Å²) in [4.78, 5) is 21.6. The molecule has 1 saturated carbocycles. The first kappa shape index (κ1) is 16.6. The second-order valence-electron chi connectivity index (χ2n) is 7.19. The molecule has 0 saturated heterocycles. The van der Waals surface area contributed by atoms with E-state index in [1.807, 2.05) is 13.8 Å². The van der Waals surface area contributed by atoms with E-state index in [-0.39, 0.29) is 17.5 Å². The molecule has 3 aromatic rings. The molecule has 1 amide bonds. The Bertz CT molecular complexity index is 986. The third-order valence-electron chi connectivity index (χ3n) is 4.65. The lowest BCUT2D eigenvalue weighted by molar-refractivity contribution is 0.0939. The van der Waals surface area contributed by atoms with Crippen molar-refractivity contribution in [3.8, 4) is 0 Å². The average Bonchev–Trinajstić information content (AvgIpc) is 2.98. The normalized spacial score (nSPS) is 16.5. The second-order valence-corrected chi connectivity index (χ2v) is 7.19. The highest BCUT2D eigenvalue weighted by Gasteiger charge is 2.38. The fraction of sp³-hybridized carbons (Fsp3) is 0.444. The Morgan fingerprint density at radius 1 is 1.31 bits per heavy atom. The summed E-state index contributed by atoms with van der Waals surface area (Å²) in [5.41, 5.74) is 1.49. The number of amides is 1. The van der Waals surface area contributed by atoms with Gasteiger partial charge in [0.1, 0.15) is 29.4 Å². The summed E-state index contributed by atoms with van der Waals surface area (Å²) in [5.74, 6) is 1.66. The molecule has 0 spiro atoms. The van der Waals surface area contributed by atoms with Crippen LogP contribution in [-0.2, 0) is 0 Å². The first-order chi connectivity index (χ1) is 12.3. The van der Waals surface area contributed by atoms with Crippen LogP contribution in [0.3, 0.4) is 0 Å². The fourth-order valence-corrected chi connectivity index (χ4v) is 2.84. The second kappa shape index (κ2) is 5.82. The molecule has 3 aromatic heterocycles. The van der Waals surface area contributed by atoms with E-state index in [0.717, 1.165) is 12.8 Å². The van der Waals surface area contributed by atoms with Gasteiger partial charge in [-0.05, 0) is 40.5 Å². The van der Waals surface area contributed by atoms with Crippen LogP contribution in [0, 0.1) is 13.8 Å². The minimum absolute atomic E-state index is 0.0181. The van der Waals surface area contributed by atoms with Crippen molar-refractivity contribution in [2.24, 2.45) is 0 Å². The summed E-state index contributed by atoms with van der Waals surface area (Å²) in [7, 11) is 0. The monoisotopic (exact) mass is 355 g/mol. The van der Waals surface area contributed by atoms with E-state index < -0.39 is 0 Å². The van der Waals surface area contributed by atoms with Gasteiger partial charge < -0.3 is 19.6 Å². The SMILES string of the molecule is Cc1nc(NC2(C)CC2)c2c(C(=O)NC(C)c3cc(C)on3)coc2n1. The number of aromatic nitrogens is 3. The van der Waals surface area contributed by atoms with E-state index in [1.54, 1.807) is 13.0 Å². The smallest absolute Gasteiger partial charge is 0.255 e. The van der Waals surface area contributed by atoms with Gasteiger partial charge in [-0.2, -0.15) is 4.98 Å². The Kier molecular flexibility index (Phi) is 3.71. The molecule has 1 atom stereocenters. The van der Waals surface area contributed by atoms with Crippen molar-refractivity contribution in [3.05, 3.63) is 35.2 Å². The molecule has 1 aliphatic rings. The number of hydrogen-bond acceptors (Lipinski definition) is 7. The highest BCUT2D eigenvalue weighted by atomic mass is 16.5. The Labute approximate surface area is 150 Å². The number of nitrogens with zero attached hydrogens (tertiary/aromatic N) is 3. The molecular weight excluding hydrogens is 334 g/mol. The largest absolute Gasteiger partial charge is 0.445 e. The van der Waals surface area contributed by atoms with Crippen LogP contribution in [0.1, 0.15) is 60.4 Å². The van der Waals surface area contributed by atoms with Crippen molar-refractivity contribution in [2.45, 2.75) is 52.1 Å². The molecule has 0 aliphatic heterocycles. The topological polar surface area (TPSA) is 106 Å². The van der Waals surface area contributed by atoms with Gasteiger partial charge in [-0.3, -0.25) is 4.79 Å². The molecule has 0 radical (unpaired) electrons. The van der Waals surface area contributed by atoms with Crippen molar-refractivity contribution in [2.75, 3.05) is 5.32 Å². The highest BCUT2D eigenvalue weighted by molar-refractivity contribution is 6.09. The first-order valence-corrected chi connectivity index (χ1v) is 8.63. The maximum atomic E-state index is 12.8. The summed E-state index contributed by atoms with van der Waals surface area (Å²) in [6, 6.07) is 1.50. The van der Waals surface area contributed by atoms with E-state index >= 15 is 0 Å². The molecule has 1 unspecified atom stereocenters. The molecule has 4 rings (SSSR count). The summed E-state index contributed by atoms with van der Waals surface area (Å²) >= 11 is 0. The van der Waals surface area contributed by atoms with E-state index in [1.165, 1.54) is 6.26 Å². The van der Waals surface area contributed by atoms with Gasteiger partial charge in [0.2, 0.25) is 5.71 Å². The van der Waals surface area contributed by atoms with Gasteiger partial charge in [-0.1, -0.05) is 5.16 Å². The Morgan fingerprint density at radius 2 is 2.08 bits per heavy atom. The molecule has 1 aliphatic carbocycles. The zero-order chi connectivity index (χ0) is 18.5. The number of carbonyl (C=O) groups is 1. The first-order valence-electron chi connectivity index (χ1n) is 8.63. The van der Waals surface area contributed by atoms with Crippen LogP contribution in [0.2, 0.25) is 0 Å². The molecule has 3 heterocycles. The number of aryl methyl sites for hydroxylation is 2. The number of nitrogens with one attached hydrogen (secondary N) is 2. The summed E-state index contributed by atoms with van der Waals surface area (Å²) in [6.45, 7) is 7.59. The minimum atomic E-state index is -0.298. The van der Waals surface area contributed by atoms with Crippen LogP contribution in [0.25, 0.3) is 11.1 Å². The van der Waals surface area contributed by atoms with Crippen LogP contribution in [-0.4, -0.2) is 26.6 Å². The van der Waals surface area contributed by atoms with Gasteiger partial charge in [0.25, 0.3) is 5.91 Å². The van der Waals surface area contributed by atoms with Crippen LogP contribution in [0.4, 0.5) is 5.82 Å². The molecule has 2 N–H and O–H groups in total. The molecule has 0 bridgehead atoms. The van der Waals surface area contributed by atoms with Crippen molar-refractivity contribution in [1.29, 1.82) is 0 Å². The van der Waals surface area contributed by atoms with E-state index in [0.29, 0.717) is 39.8 Å². The zero-order valence-corrected chi connectivity index (χ0v) is 15.2. The lowest BCUT2D eigenvalue weighted by atomic mass is 10.1. The van der Waals surface area contributed by atoms with E-state index in [4.69, 9.17) is 8.94 Å². The molecule has 8 nitrogen and oxygen atoms in total.